The Bertz CT molecular complexity index is 366. The van der Waals surface area contributed by atoms with E-state index in [1.807, 2.05) is 0 Å². The summed E-state index contributed by atoms with van der Waals surface area (Å²) in [6.45, 7) is 15.4. The summed E-state index contributed by atoms with van der Waals surface area (Å²) in [6, 6.07) is -0.549. The van der Waals surface area contributed by atoms with Crippen LogP contribution in [0.1, 0.15) is 98.8 Å². The van der Waals surface area contributed by atoms with Crippen LogP contribution in [-0.2, 0) is 4.43 Å². The number of nitro groups is 1. The average Bonchev–Trinajstić information content (AvgIpc) is 2.48. The molecule has 0 aromatic rings. The molecule has 0 saturated heterocycles. The van der Waals surface area contributed by atoms with Gasteiger partial charge in [-0.25, -0.2) is 0 Å². The van der Waals surface area contributed by atoms with Crippen molar-refractivity contribution in [3.8, 4) is 0 Å². The van der Waals surface area contributed by atoms with Gasteiger partial charge in [0.05, 0.1) is 0 Å². The lowest BCUT2D eigenvalue weighted by Gasteiger charge is -2.39. The lowest BCUT2D eigenvalue weighted by atomic mass is 9.98. The molecule has 0 aromatic carbocycles. The molecule has 5 heteroatoms. The second kappa shape index (κ2) is 12.1. The number of rotatable bonds is 14. The van der Waals surface area contributed by atoms with Crippen molar-refractivity contribution in [2.75, 3.05) is 0 Å². The maximum absolute atomic E-state index is 11.8. The van der Waals surface area contributed by atoms with E-state index in [-0.39, 0.29) is 16.1 Å². The Morgan fingerprint density at radius 3 is 1.88 bits per heavy atom. The third-order valence-electron chi connectivity index (χ3n) is 5.65. The normalized spacial score (nSPS) is 15.2. The molecule has 0 radical (unpaired) electrons. The first-order valence-corrected chi connectivity index (χ1v) is 13.3. The predicted octanol–water partition coefficient (Wildman–Crippen LogP) is 6.96. The highest BCUT2D eigenvalue weighted by molar-refractivity contribution is 6.74. The monoisotopic (exact) mass is 373 g/mol. The maximum Gasteiger partial charge on any atom is 0.237 e. The van der Waals surface area contributed by atoms with Crippen LogP contribution in [0.25, 0.3) is 0 Å². The third-order valence-corrected chi connectivity index (χ3v) is 10.2. The Hall–Kier alpha value is -0.423. The Kier molecular flexibility index (Phi) is 11.8. The summed E-state index contributed by atoms with van der Waals surface area (Å²) < 4.78 is 6.55. The van der Waals surface area contributed by atoms with Gasteiger partial charge in [-0.05, 0) is 31.0 Å². The fourth-order valence-electron chi connectivity index (χ4n) is 2.86. The van der Waals surface area contributed by atoms with E-state index in [4.69, 9.17) is 4.43 Å². The van der Waals surface area contributed by atoms with Gasteiger partial charge in [-0.15, -0.1) is 0 Å². The van der Waals surface area contributed by atoms with Crippen LogP contribution in [0.4, 0.5) is 0 Å². The van der Waals surface area contributed by atoms with Crippen molar-refractivity contribution in [2.24, 2.45) is 0 Å². The number of nitrogens with zero attached hydrogens (tertiary/aromatic N) is 1. The van der Waals surface area contributed by atoms with E-state index in [1.165, 1.54) is 19.3 Å². The van der Waals surface area contributed by atoms with Gasteiger partial charge < -0.3 is 4.43 Å². The van der Waals surface area contributed by atoms with Gasteiger partial charge in [0.15, 0.2) is 8.32 Å². The SMILES string of the molecule is CCCCCCC[C@H]([C@@H](CCCCC)O[Si](C)(C)C(C)(C)C)[N+](=O)[O-]. The standard InChI is InChI=1S/C20H43NO3Si/c1-8-10-12-13-15-16-18(21(22)23)19(17-14-11-9-2)24-25(6,7)20(3,4)5/h18-19H,8-17H2,1-7H3/t18-,19-/m1/s1. The van der Waals surface area contributed by atoms with Crippen LogP contribution in [0.3, 0.4) is 0 Å². The summed E-state index contributed by atoms with van der Waals surface area (Å²) in [5.41, 5.74) is 0. The molecule has 2 atom stereocenters. The molecule has 150 valence electrons. The van der Waals surface area contributed by atoms with E-state index in [1.54, 1.807) is 0 Å². The Balaban J connectivity index is 4.99. The molecule has 0 fully saturated rings. The van der Waals surface area contributed by atoms with Crippen molar-refractivity contribution in [1.29, 1.82) is 0 Å². The second-order valence-electron chi connectivity index (χ2n) is 8.97. The molecule has 0 saturated carbocycles. The topological polar surface area (TPSA) is 52.4 Å². The summed E-state index contributed by atoms with van der Waals surface area (Å²) in [5.74, 6) is 0. The summed E-state index contributed by atoms with van der Waals surface area (Å²) in [5, 5.41) is 11.9. The van der Waals surface area contributed by atoms with Crippen LogP contribution < -0.4 is 0 Å². The van der Waals surface area contributed by atoms with Gasteiger partial charge >= 0.3 is 0 Å². The lowest BCUT2D eigenvalue weighted by molar-refractivity contribution is -0.534. The van der Waals surface area contributed by atoms with Gasteiger partial charge in [0.1, 0.15) is 6.10 Å². The van der Waals surface area contributed by atoms with Gasteiger partial charge in [0.2, 0.25) is 6.04 Å². The zero-order chi connectivity index (χ0) is 19.5. The summed E-state index contributed by atoms with van der Waals surface area (Å²) in [4.78, 5) is 11.7. The third kappa shape index (κ3) is 9.74. The predicted molar refractivity (Wildman–Crippen MR) is 110 cm³/mol. The van der Waals surface area contributed by atoms with Crippen molar-refractivity contribution in [2.45, 2.75) is 129 Å². The fourth-order valence-corrected chi connectivity index (χ4v) is 4.25. The lowest BCUT2D eigenvalue weighted by Crippen LogP contribution is -2.48. The Labute approximate surface area is 157 Å². The van der Waals surface area contributed by atoms with Crippen molar-refractivity contribution in [3.05, 3.63) is 10.1 Å². The number of hydrogen-bond donors (Lipinski definition) is 0. The smallest absolute Gasteiger partial charge is 0.237 e. The summed E-state index contributed by atoms with van der Waals surface area (Å²) in [6.07, 6.45) is 10.2. The molecule has 0 heterocycles. The van der Waals surface area contributed by atoms with E-state index in [0.29, 0.717) is 6.42 Å². The zero-order valence-corrected chi connectivity index (χ0v) is 18.9. The van der Waals surface area contributed by atoms with Crippen LogP contribution in [0.2, 0.25) is 18.1 Å². The van der Waals surface area contributed by atoms with Crippen LogP contribution in [0.15, 0.2) is 0 Å². The van der Waals surface area contributed by atoms with Gasteiger partial charge in [-0.1, -0.05) is 79.6 Å². The van der Waals surface area contributed by atoms with Crippen LogP contribution >= 0.6 is 0 Å². The van der Waals surface area contributed by atoms with E-state index < -0.39 is 14.4 Å². The number of hydrogen-bond acceptors (Lipinski definition) is 3. The van der Waals surface area contributed by atoms with Crippen LogP contribution in [0, 0.1) is 10.1 Å². The highest BCUT2D eigenvalue weighted by atomic mass is 28.4. The molecule has 0 rings (SSSR count). The molecule has 0 spiro atoms. The molecule has 0 aliphatic carbocycles. The van der Waals surface area contributed by atoms with Gasteiger partial charge in [-0.2, -0.15) is 0 Å². The minimum atomic E-state index is -2.00. The van der Waals surface area contributed by atoms with Crippen molar-refractivity contribution >= 4 is 8.32 Å². The highest BCUT2D eigenvalue weighted by Gasteiger charge is 2.43. The Morgan fingerprint density at radius 2 is 1.40 bits per heavy atom. The first kappa shape index (κ1) is 24.6. The second-order valence-corrected chi connectivity index (χ2v) is 13.7. The molecule has 0 bridgehead atoms. The largest absolute Gasteiger partial charge is 0.407 e. The molecule has 0 aromatic heterocycles. The molecule has 0 unspecified atom stereocenters. The first-order valence-electron chi connectivity index (χ1n) is 10.4. The van der Waals surface area contributed by atoms with Crippen molar-refractivity contribution < 1.29 is 9.35 Å². The van der Waals surface area contributed by atoms with Gasteiger partial charge in [0.25, 0.3) is 0 Å². The summed E-state index contributed by atoms with van der Waals surface area (Å²) >= 11 is 0. The maximum atomic E-state index is 11.8. The van der Waals surface area contributed by atoms with E-state index in [9.17, 15) is 10.1 Å². The van der Waals surface area contributed by atoms with Gasteiger partial charge in [-0.3, -0.25) is 10.1 Å². The average molecular weight is 374 g/mol. The van der Waals surface area contributed by atoms with Crippen LogP contribution in [-0.4, -0.2) is 25.4 Å². The molecule has 0 amide bonds. The Morgan fingerprint density at radius 1 is 0.920 bits per heavy atom. The molecule has 0 N–H and O–H groups in total. The summed E-state index contributed by atoms with van der Waals surface area (Å²) in [7, 11) is -2.00. The van der Waals surface area contributed by atoms with Gasteiger partial charge in [0, 0.05) is 11.3 Å². The molecule has 0 aliphatic heterocycles. The molecule has 25 heavy (non-hydrogen) atoms. The van der Waals surface area contributed by atoms with Crippen molar-refractivity contribution in [1.82, 2.24) is 0 Å². The fraction of sp³-hybridized carbons (Fsp3) is 1.00. The van der Waals surface area contributed by atoms with E-state index in [2.05, 4.69) is 47.7 Å². The molecule has 0 aliphatic rings. The van der Waals surface area contributed by atoms with Crippen LogP contribution in [0.5, 0.6) is 0 Å². The highest BCUT2D eigenvalue weighted by Crippen LogP contribution is 2.38. The van der Waals surface area contributed by atoms with E-state index in [0.717, 1.165) is 38.5 Å². The minimum absolute atomic E-state index is 0.0659. The number of unbranched alkanes of at least 4 members (excludes halogenated alkanes) is 6. The van der Waals surface area contributed by atoms with E-state index >= 15 is 0 Å². The molecule has 4 nitrogen and oxygen atoms in total. The first-order chi connectivity index (χ1) is 11.6. The minimum Gasteiger partial charge on any atom is -0.407 e. The molecular weight excluding hydrogens is 330 g/mol. The zero-order valence-electron chi connectivity index (χ0n) is 17.9. The molecular formula is C20H43NO3Si. The quantitative estimate of drug-likeness (QED) is 0.143. The van der Waals surface area contributed by atoms with Crippen molar-refractivity contribution in [3.63, 3.8) is 0 Å².